The van der Waals surface area contributed by atoms with Crippen molar-refractivity contribution in [3.63, 3.8) is 0 Å². The molecule has 0 aliphatic heterocycles. The lowest BCUT2D eigenvalue weighted by atomic mass is 10.0. The Labute approximate surface area is 96.6 Å². The normalized spacial score (nSPS) is 11.9. The van der Waals surface area contributed by atoms with Crippen LogP contribution in [-0.4, -0.2) is 7.11 Å². The summed E-state index contributed by atoms with van der Waals surface area (Å²) in [6, 6.07) is 5.80. The lowest BCUT2D eigenvalue weighted by Crippen LogP contribution is -1.96. The Balaban J connectivity index is 3.32. The zero-order valence-electron chi connectivity index (χ0n) is 7.84. The molecule has 0 N–H and O–H groups in total. The monoisotopic (exact) mass is 273 g/mol. The van der Waals surface area contributed by atoms with E-state index in [1.54, 1.807) is 7.11 Å². The molecule has 1 rings (SSSR count). The molecule has 1 aromatic rings. The number of nitriles is 1. The molecule has 0 bridgehead atoms. The van der Waals surface area contributed by atoms with E-state index in [-0.39, 0.29) is 5.92 Å². The average Bonchev–Trinajstić information content (AvgIpc) is 2.20. The largest absolute Gasteiger partial charge is 0.495 e. The van der Waals surface area contributed by atoms with Gasteiger partial charge in [0.1, 0.15) is 5.75 Å². The van der Waals surface area contributed by atoms with Crippen LogP contribution < -0.4 is 4.74 Å². The van der Waals surface area contributed by atoms with Gasteiger partial charge in [-0.25, -0.2) is 0 Å². The van der Waals surface area contributed by atoms with Gasteiger partial charge in [0.15, 0.2) is 0 Å². The number of benzene rings is 1. The van der Waals surface area contributed by atoms with Crippen molar-refractivity contribution in [1.82, 2.24) is 0 Å². The summed E-state index contributed by atoms with van der Waals surface area (Å²) in [6.07, 6.45) is 0. The molecule has 0 radical (unpaired) electrons. The van der Waals surface area contributed by atoms with Gasteiger partial charge in [-0.3, -0.25) is 0 Å². The molecule has 0 saturated heterocycles. The van der Waals surface area contributed by atoms with Crippen LogP contribution >= 0.6 is 27.5 Å². The second-order valence-corrected chi connectivity index (χ2v) is 4.07. The van der Waals surface area contributed by atoms with E-state index in [4.69, 9.17) is 21.6 Å². The molecule has 0 aliphatic rings. The van der Waals surface area contributed by atoms with Crippen LogP contribution in [0.3, 0.4) is 0 Å². The molecule has 1 aromatic carbocycles. The number of halogens is 2. The van der Waals surface area contributed by atoms with Gasteiger partial charge in [0.05, 0.1) is 24.1 Å². The minimum atomic E-state index is -0.226. The van der Waals surface area contributed by atoms with Gasteiger partial charge in [0, 0.05) is 10.0 Å². The van der Waals surface area contributed by atoms with Gasteiger partial charge in [-0.2, -0.15) is 5.26 Å². The van der Waals surface area contributed by atoms with Gasteiger partial charge in [0.25, 0.3) is 0 Å². The summed E-state index contributed by atoms with van der Waals surface area (Å²) in [5, 5.41) is 9.31. The Kier molecular flexibility index (Phi) is 3.79. The predicted octanol–water partition coefficient (Wildman–Crippen LogP) is 3.74. The molecule has 0 aromatic heterocycles. The highest BCUT2D eigenvalue weighted by Gasteiger charge is 2.15. The number of hydrogen-bond donors (Lipinski definition) is 0. The minimum absolute atomic E-state index is 0.226. The highest BCUT2D eigenvalue weighted by atomic mass is 79.9. The summed E-state index contributed by atoms with van der Waals surface area (Å²) < 4.78 is 5.94. The molecule has 1 unspecified atom stereocenters. The smallest absolute Gasteiger partial charge is 0.143 e. The first-order valence-electron chi connectivity index (χ1n) is 4.03. The molecule has 0 heterocycles. The highest BCUT2D eigenvalue weighted by Crippen LogP contribution is 2.38. The maximum absolute atomic E-state index is 8.81. The van der Waals surface area contributed by atoms with E-state index in [0.29, 0.717) is 10.8 Å². The van der Waals surface area contributed by atoms with Crippen LogP contribution in [0, 0.1) is 11.3 Å². The van der Waals surface area contributed by atoms with E-state index in [1.165, 1.54) is 0 Å². The van der Waals surface area contributed by atoms with E-state index in [9.17, 15) is 0 Å². The fourth-order valence-corrected chi connectivity index (χ4v) is 1.73. The fraction of sp³-hybridized carbons (Fsp3) is 0.300. The summed E-state index contributed by atoms with van der Waals surface area (Å²) in [5.74, 6) is 0.339. The third kappa shape index (κ3) is 2.02. The third-order valence-electron chi connectivity index (χ3n) is 1.94. The summed E-state index contributed by atoms with van der Waals surface area (Å²) >= 11 is 9.32. The van der Waals surface area contributed by atoms with E-state index in [1.807, 2.05) is 19.1 Å². The minimum Gasteiger partial charge on any atom is -0.495 e. The fourth-order valence-electron chi connectivity index (χ4n) is 1.16. The van der Waals surface area contributed by atoms with Crippen molar-refractivity contribution in [3.8, 4) is 11.8 Å². The van der Waals surface area contributed by atoms with Crippen molar-refractivity contribution >= 4 is 27.5 Å². The molecule has 0 fully saturated rings. The molecule has 14 heavy (non-hydrogen) atoms. The zero-order valence-corrected chi connectivity index (χ0v) is 10.2. The topological polar surface area (TPSA) is 33.0 Å². The average molecular weight is 275 g/mol. The molecule has 2 nitrogen and oxygen atoms in total. The number of rotatable bonds is 2. The Bertz CT molecular complexity index is 386. The van der Waals surface area contributed by atoms with Gasteiger partial charge in [0.2, 0.25) is 0 Å². The van der Waals surface area contributed by atoms with Crippen LogP contribution in [0.25, 0.3) is 0 Å². The molecule has 74 valence electrons. The first-order valence-corrected chi connectivity index (χ1v) is 5.20. The van der Waals surface area contributed by atoms with Crippen LogP contribution in [0.1, 0.15) is 18.4 Å². The first-order chi connectivity index (χ1) is 6.61. The van der Waals surface area contributed by atoms with Crippen molar-refractivity contribution in [2.45, 2.75) is 12.8 Å². The molecular weight excluding hydrogens is 265 g/mol. The van der Waals surface area contributed by atoms with E-state index < -0.39 is 0 Å². The molecule has 1 atom stereocenters. The van der Waals surface area contributed by atoms with Crippen LogP contribution in [-0.2, 0) is 0 Å². The van der Waals surface area contributed by atoms with Crippen LogP contribution in [0.5, 0.6) is 5.75 Å². The number of methoxy groups -OCH3 is 1. The quantitative estimate of drug-likeness (QED) is 0.823. The van der Waals surface area contributed by atoms with E-state index >= 15 is 0 Å². The second-order valence-electron chi connectivity index (χ2n) is 2.83. The van der Waals surface area contributed by atoms with Crippen molar-refractivity contribution in [1.29, 1.82) is 5.26 Å². The Morgan fingerprint density at radius 2 is 2.21 bits per heavy atom. The number of ether oxygens (including phenoxy) is 1. The van der Waals surface area contributed by atoms with Gasteiger partial charge in [-0.1, -0.05) is 17.7 Å². The molecule has 0 spiro atoms. The lowest BCUT2D eigenvalue weighted by molar-refractivity contribution is 0.409. The van der Waals surface area contributed by atoms with Gasteiger partial charge < -0.3 is 4.74 Å². The highest BCUT2D eigenvalue weighted by molar-refractivity contribution is 9.10. The van der Waals surface area contributed by atoms with Gasteiger partial charge in [-0.15, -0.1) is 0 Å². The summed E-state index contributed by atoms with van der Waals surface area (Å²) in [6.45, 7) is 1.81. The standard InChI is InChI=1S/C10H9BrClNO/c1-6(5-13)7-3-4-8(11)9(12)10(7)14-2/h3-4,6H,1-2H3. The Hall–Kier alpha value is -0.720. The SMILES string of the molecule is COc1c(C(C)C#N)ccc(Br)c1Cl. The summed E-state index contributed by atoms with van der Waals surface area (Å²) in [5.41, 5.74) is 0.809. The van der Waals surface area contributed by atoms with Gasteiger partial charge >= 0.3 is 0 Å². The molecule has 0 saturated carbocycles. The molecular formula is C10H9BrClNO. The zero-order chi connectivity index (χ0) is 10.7. The van der Waals surface area contributed by atoms with Crippen molar-refractivity contribution in [3.05, 3.63) is 27.2 Å². The maximum atomic E-state index is 8.81. The second kappa shape index (κ2) is 4.68. The van der Waals surface area contributed by atoms with E-state index in [2.05, 4.69) is 22.0 Å². The molecule has 0 aliphatic carbocycles. The van der Waals surface area contributed by atoms with Crippen molar-refractivity contribution in [2.24, 2.45) is 0 Å². The van der Waals surface area contributed by atoms with Crippen molar-refractivity contribution in [2.75, 3.05) is 7.11 Å². The lowest BCUT2D eigenvalue weighted by Gasteiger charge is -2.12. The number of hydrogen-bond acceptors (Lipinski definition) is 2. The first kappa shape index (κ1) is 11.4. The Morgan fingerprint density at radius 3 is 2.71 bits per heavy atom. The van der Waals surface area contributed by atoms with Crippen LogP contribution in [0.4, 0.5) is 0 Å². The van der Waals surface area contributed by atoms with Gasteiger partial charge in [-0.05, 0) is 28.9 Å². The number of nitrogens with zero attached hydrogens (tertiary/aromatic N) is 1. The maximum Gasteiger partial charge on any atom is 0.143 e. The predicted molar refractivity (Wildman–Crippen MR) is 59.7 cm³/mol. The van der Waals surface area contributed by atoms with Crippen LogP contribution in [0.15, 0.2) is 16.6 Å². The van der Waals surface area contributed by atoms with Crippen LogP contribution in [0.2, 0.25) is 5.02 Å². The Morgan fingerprint density at radius 1 is 1.57 bits per heavy atom. The molecule has 0 amide bonds. The summed E-state index contributed by atoms with van der Waals surface area (Å²) in [4.78, 5) is 0. The van der Waals surface area contributed by atoms with E-state index in [0.717, 1.165) is 10.0 Å². The third-order valence-corrected chi connectivity index (χ3v) is 3.21. The molecule has 4 heteroatoms. The van der Waals surface area contributed by atoms with Crippen molar-refractivity contribution < 1.29 is 4.74 Å². The summed E-state index contributed by atoms with van der Waals surface area (Å²) in [7, 11) is 1.54.